The zero-order valence-corrected chi connectivity index (χ0v) is 22.0. The maximum absolute atomic E-state index is 13.1. The SMILES string of the molecule is C=CCn1c(=O)c2cnc(Nc3ccc(N4CCN(C)CC4)c(C)c3)nc2n1-c1cccc(C=O)c1.CO. The van der Waals surface area contributed by atoms with Crippen LogP contribution < -0.4 is 15.8 Å². The van der Waals surface area contributed by atoms with E-state index in [0.29, 0.717) is 28.2 Å². The van der Waals surface area contributed by atoms with Gasteiger partial charge in [-0.05, 0) is 49.9 Å². The third kappa shape index (κ3) is 5.36. The van der Waals surface area contributed by atoms with Gasteiger partial charge < -0.3 is 20.2 Å². The molecule has 3 heterocycles. The smallest absolute Gasteiger partial charge is 0.278 e. The van der Waals surface area contributed by atoms with Gasteiger partial charge in [0, 0.05) is 56.4 Å². The van der Waals surface area contributed by atoms with Gasteiger partial charge in [-0.25, -0.2) is 14.3 Å². The number of allylic oxidation sites excluding steroid dienone is 1. The van der Waals surface area contributed by atoms with E-state index in [4.69, 9.17) is 10.1 Å². The number of benzene rings is 2. The number of hydrogen-bond acceptors (Lipinski definition) is 8. The molecular formula is C28H33N7O3. The molecule has 0 spiro atoms. The molecule has 10 nitrogen and oxygen atoms in total. The van der Waals surface area contributed by atoms with Gasteiger partial charge in [0.1, 0.15) is 11.7 Å². The molecule has 2 aromatic heterocycles. The molecular weight excluding hydrogens is 482 g/mol. The molecule has 198 valence electrons. The van der Waals surface area contributed by atoms with Crippen molar-refractivity contribution in [3.05, 3.63) is 82.8 Å². The number of piperazine rings is 1. The zero-order valence-electron chi connectivity index (χ0n) is 22.0. The van der Waals surface area contributed by atoms with Crippen molar-refractivity contribution in [3.8, 4) is 5.69 Å². The summed E-state index contributed by atoms with van der Waals surface area (Å²) in [6.07, 6.45) is 3.97. The summed E-state index contributed by atoms with van der Waals surface area (Å²) in [5.41, 5.74) is 4.67. The van der Waals surface area contributed by atoms with E-state index >= 15 is 0 Å². The highest BCUT2D eigenvalue weighted by Crippen LogP contribution is 2.26. The maximum Gasteiger partial charge on any atom is 0.278 e. The Morgan fingerprint density at radius 3 is 2.55 bits per heavy atom. The molecule has 0 atom stereocenters. The van der Waals surface area contributed by atoms with Gasteiger partial charge in [0.05, 0.1) is 12.2 Å². The second-order valence-corrected chi connectivity index (χ2v) is 9.05. The number of aliphatic hydroxyl groups is 1. The first-order chi connectivity index (χ1) is 18.5. The predicted molar refractivity (Wildman–Crippen MR) is 151 cm³/mol. The summed E-state index contributed by atoms with van der Waals surface area (Å²) in [4.78, 5) is 38.3. The van der Waals surface area contributed by atoms with E-state index in [-0.39, 0.29) is 12.1 Å². The van der Waals surface area contributed by atoms with Crippen LogP contribution in [0.5, 0.6) is 0 Å². The fraction of sp³-hybridized carbons (Fsp3) is 0.286. The van der Waals surface area contributed by atoms with Crippen LogP contribution >= 0.6 is 0 Å². The first kappa shape index (κ1) is 26.8. The number of hydrogen-bond donors (Lipinski definition) is 2. The highest BCUT2D eigenvalue weighted by molar-refractivity contribution is 5.79. The number of nitrogens with one attached hydrogen (secondary N) is 1. The molecule has 2 aromatic carbocycles. The van der Waals surface area contributed by atoms with Crippen molar-refractivity contribution in [3.63, 3.8) is 0 Å². The lowest BCUT2D eigenvalue weighted by molar-refractivity contribution is 0.112. The van der Waals surface area contributed by atoms with Crippen LogP contribution in [0.25, 0.3) is 16.7 Å². The van der Waals surface area contributed by atoms with Crippen LogP contribution in [0.3, 0.4) is 0 Å². The van der Waals surface area contributed by atoms with Gasteiger partial charge >= 0.3 is 0 Å². The molecule has 1 aliphatic rings. The first-order valence-corrected chi connectivity index (χ1v) is 12.4. The van der Waals surface area contributed by atoms with Crippen LogP contribution in [0.1, 0.15) is 15.9 Å². The highest BCUT2D eigenvalue weighted by Gasteiger charge is 2.18. The van der Waals surface area contributed by atoms with Crippen LogP contribution in [0.15, 0.2) is 66.1 Å². The van der Waals surface area contributed by atoms with Gasteiger partial charge in [-0.3, -0.25) is 9.59 Å². The van der Waals surface area contributed by atoms with Gasteiger partial charge in [0.15, 0.2) is 5.65 Å². The van der Waals surface area contributed by atoms with E-state index in [0.717, 1.165) is 45.3 Å². The number of aryl methyl sites for hydroxylation is 1. The second-order valence-electron chi connectivity index (χ2n) is 9.05. The standard InChI is InChI=1S/C27H29N7O2.CH4O/c1-4-10-33-26(36)23-17-28-27(30-25(23)34(33)22-7-5-6-20(16-22)18-35)29-21-8-9-24(19(2)15-21)32-13-11-31(3)12-14-32;1-2/h4-9,15-18H,1,10-14H2,2-3H3,(H,28,29,30);2H,1H3. The van der Waals surface area contributed by atoms with E-state index in [2.05, 4.69) is 52.8 Å². The fourth-order valence-corrected chi connectivity index (χ4v) is 4.63. The number of aromatic nitrogens is 4. The molecule has 0 unspecified atom stereocenters. The Labute approximate surface area is 221 Å². The number of fused-ring (bicyclic) bond motifs is 1. The van der Waals surface area contributed by atoms with E-state index < -0.39 is 0 Å². The van der Waals surface area contributed by atoms with Crippen LogP contribution in [0.2, 0.25) is 0 Å². The lowest BCUT2D eigenvalue weighted by Gasteiger charge is -2.35. The van der Waals surface area contributed by atoms with Crippen molar-refractivity contribution >= 4 is 34.6 Å². The Morgan fingerprint density at radius 2 is 1.87 bits per heavy atom. The molecule has 1 saturated heterocycles. The highest BCUT2D eigenvalue weighted by atomic mass is 16.2. The number of anilines is 3. The van der Waals surface area contributed by atoms with E-state index in [1.54, 1.807) is 29.0 Å². The second kappa shape index (κ2) is 11.8. The quantitative estimate of drug-likeness (QED) is 0.286. The van der Waals surface area contributed by atoms with Gasteiger partial charge in [-0.15, -0.1) is 6.58 Å². The minimum atomic E-state index is -0.222. The fourth-order valence-electron chi connectivity index (χ4n) is 4.63. The van der Waals surface area contributed by atoms with Crippen molar-refractivity contribution in [1.82, 2.24) is 24.2 Å². The monoisotopic (exact) mass is 515 g/mol. The number of carbonyl (C=O) groups excluding carboxylic acids is 1. The summed E-state index contributed by atoms with van der Waals surface area (Å²) in [6.45, 7) is 10.3. The lowest BCUT2D eigenvalue weighted by Crippen LogP contribution is -2.44. The van der Waals surface area contributed by atoms with Crippen LogP contribution in [-0.2, 0) is 6.54 Å². The zero-order chi connectivity index (χ0) is 27.2. The van der Waals surface area contributed by atoms with Crippen molar-refractivity contribution < 1.29 is 9.90 Å². The Morgan fingerprint density at radius 1 is 1.11 bits per heavy atom. The van der Waals surface area contributed by atoms with E-state index in [1.165, 1.54) is 22.1 Å². The van der Waals surface area contributed by atoms with E-state index in [1.807, 2.05) is 12.1 Å². The molecule has 4 aromatic rings. The summed E-state index contributed by atoms with van der Waals surface area (Å²) in [6, 6.07) is 13.3. The Balaban J connectivity index is 0.00000164. The minimum absolute atomic E-state index is 0.222. The molecule has 0 radical (unpaired) electrons. The van der Waals surface area contributed by atoms with Gasteiger partial charge in [-0.1, -0.05) is 18.2 Å². The average Bonchev–Trinajstić information content (AvgIpc) is 3.21. The molecule has 2 N–H and O–H groups in total. The van der Waals surface area contributed by atoms with Crippen molar-refractivity contribution in [2.24, 2.45) is 0 Å². The van der Waals surface area contributed by atoms with E-state index in [9.17, 15) is 9.59 Å². The number of aliphatic hydroxyl groups excluding tert-OH is 1. The third-order valence-corrected chi connectivity index (χ3v) is 6.53. The van der Waals surface area contributed by atoms with Gasteiger partial charge in [0.2, 0.25) is 5.95 Å². The summed E-state index contributed by atoms with van der Waals surface area (Å²) in [5, 5.41) is 10.7. The molecule has 0 bridgehead atoms. The summed E-state index contributed by atoms with van der Waals surface area (Å²) in [7, 11) is 3.15. The average molecular weight is 516 g/mol. The number of likely N-dealkylation sites (N-methyl/N-ethyl adjacent to an activating group) is 1. The largest absolute Gasteiger partial charge is 0.400 e. The van der Waals surface area contributed by atoms with Crippen molar-refractivity contribution in [2.75, 3.05) is 50.6 Å². The molecule has 0 saturated carbocycles. The van der Waals surface area contributed by atoms with Crippen LogP contribution in [-0.4, -0.2) is 76.0 Å². The topological polar surface area (TPSA) is 109 Å². The number of rotatable bonds is 7. The van der Waals surface area contributed by atoms with Gasteiger partial charge in [-0.2, -0.15) is 4.98 Å². The molecule has 0 amide bonds. The number of nitrogens with zero attached hydrogens (tertiary/aromatic N) is 6. The molecule has 0 aliphatic carbocycles. The summed E-state index contributed by atoms with van der Waals surface area (Å²) in [5.74, 6) is 0.380. The lowest BCUT2D eigenvalue weighted by atomic mass is 10.1. The van der Waals surface area contributed by atoms with Crippen LogP contribution in [0, 0.1) is 6.92 Å². The first-order valence-electron chi connectivity index (χ1n) is 12.4. The predicted octanol–water partition coefficient (Wildman–Crippen LogP) is 2.99. The third-order valence-electron chi connectivity index (χ3n) is 6.53. The Hall–Kier alpha value is -4.28. The molecule has 1 fully saturated rings. The van der Waals surface area contributed by atoms with Gasteiger partial charge in [0.25, 0.3) is 5.56 Å². The normalized spacial score (nSPS) is 13.6. The molecule has 1 aliphatic heterocycles. The molecule has 38 heavy (non-hydrogen) atoms. The Kier molecular flexibility index (Phi) is 8.35. The van der Waals surface area contributed by atoms with Crippen LogP contribution in [0.4, 0.5) is 17.3 Å². The number of carbonyl (C=O) groups is 1. The van der Waals surface area contributed by atoms with Crippen molar-refractivity contribution in [1.29, 1.82) is 0 Å². The molecule has 5 rings (SSSR count). The summed E-state index contributed by atoms with van der Waals surface area (Å²) >= 11 is 0. The molecule has 10 heteroatoms. The Bertz CT molecular complexity index is 1500. The number of aldehydes is 1. The maximum atomic E-state index is 13.1. The minimum Gasteiger partial charge on any atom is -0.400 e. The van der Waals surface area contributed by atoms with Crippen molar-refractivity contribution in [2.45, 2.75) is 13.5 Å². The summed E-state index contributed by atoms with van der Waals surface area (Å²) < 4.78 is 3.25.